The van der Waals surface area contributed by atoms with Gasteiger partial charge in [-0.1, -0.05) is 6.07 Å². The summed E-state index contributed by atoms with van der Waals surface area (Å²) < 4.78 is 23.6. The quantitative estimate of drug-likeness (QED) is 0.770. The van der Waals surface area contributed by atoms with Crippen LogP contribution in [0.2, 0.25) is 0 Å². The number of benzene rings is 2. The Balaban J connectivity index is 1.55. The molecule has 2 aromatic rings. The fraction of sp³-hybridized carbons (Fsp3) is 0.250. The van der Waals surface area contributed by atoms with Crippen molar-refractivity contribution >= 4 is 23.5 Å². The summed E-state index contributed by atoms with van der Waals surface area (Å²) >= 11 is 0. The predicted octanol–water partition coefficient (Wildman–Crippen LogP) is 2.35. The molecule has 9 heteroatoms. The van der Waals surface area contributed by atoms with E-state index in [1.54, 1.807) is 25.1 Å². The third-order valence-corrected chi connectivity index (χ3v) is 5.05. The van der Waals surface area contributed by atoms with Crippen molar-refractivity contribution in [3.63, 3.8) is 0 Å². The van der Waals surface area contributed by atoms with Gasteiger partial charge in [-0.05, 0) is 55.8 Å². The van der Waals surface area contributed by atoms with Gasteiger partial charge in [0.15, 0.2) is 11.5 Å². The first-order valence-electron chi connectivity index (χ1n) is 8.92. The van der Waals surface area contributed by atoms with Crippen LogP contribution in [0.15, 0.2) is 42.5 Å². The molecule has 4 amide bonds. The third-order valence-electron chi connectivity index (χ3n) is 5.05. The number of carbonyl (C=O) groups excluding carboxylic acids is 3. The summed E-state index contributed by atoms with van der Waals surface area (Å²) in [6, 6.07) is 8.38. The maximum Gasteiger partial charge on any atom is 0.326 e. The standard InChI is InChI=1S/C20H18FN3O5/c1-11(17(25)22-14-6-4-13(21)5-7-14)24-18(26)20(2,23-19(24)27)12-3-8-15-16(9-12)29-10-28-15/h3-9,11H,10H2,1-2H3,(H,22,25)(H,23,27)/t11-,20+/m1/s1. The smallest absolute Gasteiger partial charge is 0.326 e. The number of anilines is 1. The lowest BCUT2D eigenvalue weighted by Crippen LogP contribution is -2.47. The molecule has 2 aliphatic rings. The maximum atomic E-state index is 13.1. The van der Waals surface area contributed by atoms with Crippen LogP contribution >= 0.6 is 0 Å². The summed E-state index contributed by atoms with van der Waals surface area (Å²) in [6.07, 6.45) is 0. The fourth-order valence-corrected chi connectivity index (χ4v) is 3.31. The molecule has 2 atom stereocenters. The second-order valence-electron chi connectivity index (χ2n) is 6.97. The molecular weight excluding hydrogens is 381 g/mol. The van der Waals surface area contributed by atoms with Crippen molar-refractivity contribution in [2.24, 2.45) is 0 Å². The summed E-state index contributed by atoms with van der Waals surface area (Å²) in [5, 5.41) is 5.23. The van der Waals surface area contributed by atoms with Gasteiger partial charge in [-0.25, -0.2) is 14.1 Å². The molecule has 0 unspecified atom stereocenters. The van der Waals surface area contributed by atoms with Gasteiger partial charge in [0.1, 0.15) is 17.4 Å². The monoisotopic (exact) mass is 399 g/mol. The zero-order valence-electron chi connectivity index (χ0n) is 15.7. The van der Waals surface area contributed by atoms with Gasteiger partial charge in [0.05, 0.1) is 0 Å². The van der Waals surface area contributed by atoms with Gasteiger partial charge in [0.2, 0.25) is 12.7 Å². The molecule has 0 bridgehead atoms. The minimum Gasteiger partial charge on any atom is -0.454 e. The van der Waals surface area contributed by atoms with E-state index < -0.39 is 35.2 Å². The van der Waals surface area contributed by atoms with E-state index in [0.29, 0.717) is 22.7 Å². The Hall–Kier alpha value is -3.62. The lowest BCUT2D eigenvalue weighted by atomic mass is 9.91. The van der Waals surface area contributed by atoms with E-state index in [9.17, 15) is 18.8 Å². The van der Waals surface area contributed by atoms with Crippen LogP contribution in [0.5, 0.6) is 11.5 Å². The molecule has 4 rings (SSSR count). The van der Waals surface area contributed by atoms with E-state index in [4.69, 9.17) is 9.47 Å². The van der Waals surface area contributed by atoms with E-state index in [2.05, 4.69) is 10.6 Å². The number of nitrogens with zero attached hydrogens (tertiary/aromatic N) is 1. The molecule has 0 aliphatic carbocycles. The van der Waals surface area contributed by atoms with Crippen LogP contribution in [0, 0.1) is 5.82 Å². The molecule has 8 nitrogen and oxygen atoms in total. The van der Waals surface area contributed by atoms with Crippen molar-refractivity contribution in [3.05, 3.63) is 53.8 Å². The lowest BCUT2D eigenvalue weighted by Gasteiger charge is -2.24. The molecule has 0 spiro atoms. The fourth-order valence-electron chi connectivity index (χ4n) is 3.31. The van der Waals surface area contributed by atoms with Crippen LogP contribution in [0.3, 0.4) is 0 Å². The molecule has 2 N–H and O–H groups in total. The highest BCUT2D eigenvalue weighted by Crippen LogP contribution is 2.38. The van der Waals surface area contributed by atoms with E-state index in [0.717, 1.165) is 4.90 Å². The highest BCUT2D eigenvalue weighted by Gasteiger charge is 2.52. The topological polar surface area (TPSA) is 97.0 Å². The average molecular weight is 399 g/mol. The van der Waals surface area contributed by atoms with E-state index >= 15 is 0 Å². The van der Waals surface area contributed by atoms with E-state index in [-0.39, 0.29) is 6.79 Å². The van der Waals surface area contributed by atoms with Gasteiger partial charge in [-0.2, -0.15) is 0 Å². The minimum atomic E-state index is -1.36. The van der Waals surface area contributed by atoms with E-state index in [1.807, 2.05) is 0 Å². The van der Waals surface area contributed by atoms with Crippen molar-refractivity contribution in [2.45, 2.75) is 25.4 Å². The van der Waals surface area contributed by atoms with Crippen LogP contribution in [0.25, 0.3) is 0 Å². The predicted molar refractivity (Wildman–Crippen MR) is 99.8 cm³/mol. The normalized spacial score (nSPS) is 21.1. The first-order chi connectivity index (χ1) is 13.8. The van der Waals surface area contributed by atoms with Gasteiger partial charge in [0, 0.05) is 5.69 Å². The lowest BCUT2D eigenvalue weighted by molar-refractivity contribution is -0.136. The van der Waals surface area contributed by atoms with Crippen molar-refractivity contribution in [3.8, 4) is 11.5 Å². The van der Waals surface area contributed by atoms with Crippen LogP contribution in [-0.4, -0.2) is 35.6 Å². The Morgan fingerprint density at radius 3 is 2.59 bits per heavy atom. The number of halogens is 1. The van der Waals surface area contributed by atoms with Crippen LogP contribution < -0.4 is 20.1 Å². The van der Waals surface area contributed by atoms with Crippen LogP contribution in [0.4, 0.5) is 14.9 Å². The zero-order chi connectivity index (χ0) is 20.8. The largest absolute Gasteiger partial charge is 0.454 e. The highest BCUT2D eigenvalue weighted by atomic mass is 19.1. The molecular formula is C20H18FN3O5. The van der Waals surface area contributed by atoms with Crippen LogP contribution in [-0.2, 0) is 15.1 Å². The SMILES string of the molecule is C[C@H](C(=O)Nc1ccc(F)cc1)N1C(=O)N[C@@](C)(c2ccc3c(c2)OCO3)C1=O. The van der Waals surface area contributed by atoms with Gasteiger partial charge in [-0.15, -0.1) is 0 Å². The number of urea groups is 1. The summed E-state index contributed by atoms with van der Waals surface area (Å²) in [7, 11) is 0. The van der Waals surface area contributed by atoms with Crippen molar-refractivity contribution < 1.29 is 28.2 Å². The summed E-state index contributed by atoms with van der Waals surface area (Å²) in [6.45, 7) is 3.10. The summed E-state index contributed by atoms with van der Waals surface area (Å²) in [4.78, 5) is 39.1. The second-order valence-corrected chi connectivity index (χ2v) is 6.97. The highest BCUT2D eigenvalue weighted by molar-refractivity contribution is 6.11. The number of ether oxygens (including phenoxy) is 2. The molecule has 0 aromatic heterocycles. The van der Waals surface area contributed by atoms with Crippen molar-refractivity contribution in [1.82, 2.24) is 10.2 Å². The molecule has 2 aliphatic heterocycles. The minimum absolute atomic E-state index is 0.0858. The number of fused-ring (bicyclic) bond motifs is 1. The summed E-state index contributed by atoms with van der Waals surface area (Å²) in [5.74, 6) is -0.549. The van der Waals surface area contributed by atoms with Gasteiger partial charge < -0.3 is 20.1 Å². The molecule has 0 radical (unpaired) electrons. The second kappa shape index (κ2) is 6.77. The van der Waals surface area contributed by atoms with E-state index in [1.165, 1.54) is 31.2 Å². The number of hydrogen-bond donors (Lipinski definition) is 2. The van der Waals surface area contributed by atoms with Crippen LogP contribution in [0.1, 0.15) is 19.4 Å². The first-order valence-corrected chi connectivity index (χ1v) is 8.92. The average Bonchev–Trinajstić information content (AvgIpc) is 3.25. The molecule has 2 heterocycles. The Morgan fingerprint density at radius 2 is 1.86 bits per heavy atom. The molecule has 1 fully saturated rings. The molecule has 29 heavy (non-hydrogen) atoms. The Kier molecular flexibility index (Phi) is 4.37. The van der Waals surface area contributed by atoms with Crippen molar-refractivity contribution in [1.29, 1.82) is 0 Å². The maximum absolute atomic E-state index is 13.1. The summed E-state index contributed by atoms with van der Waals surface area (Å²) in [5.41, 5.74) is -0.495. The van der Waals surface area contributed by atoms with Gasteiger partial charge in [-0.3, -0.25) is 9.59 Å². The van der Waals surface area contributed by atoms with Gasteiger partial charge >= 0.3 is 6.03 Å². The number of imide groups is 1. The van der Waals surface area contributed by atoms with Gasteiger partial charge in [0.25, 0.3) is 5.91 Å². The first kappa shape index (κ1) is 18.7. The molecule has 2 aromatic carbocycles. The zero-order valence-corrected chi connectivity index (χ0v) is 15.7. The Morgan fingerprint density at radius 1 is 1.17 bits per heavy atom. The molecule has 150 valence electrons. The Bertz CT molecular complexity index is 1010. The number of rotatable bonds is 4. The number of carbonyl (C=O) groups is 3. The number of nitrogens with one attached hydrogen (secondary N) is 2. The molecule has 0 saturated carbocycles. The number of hydrogen-bond acceptors (Lipinski definition) is 5. The van der Waals surface area contributed by atoms with Crippen molar-refractivity contribution in [2.75, 3.05) is 12.1 Å². The number of amides is 4. The Labute approximate surface area is 165 Å². The third kappa shape index (κ3) is 3.14. The molecule has 1 saturated heterocycles.